The van der Waals surface area contributed by atoms with Crippen LogP contribution in [0.4, 0.5) is 28.3 Å². The number of ether oxygens (including phenoxy) is 3. The molecule has 0 N–H and O–H groups in total. The van der Waals surface area contributed by atoms with Crippen molar-refractivity contribution in [1.82, 2.24) is 33.6 Å². The average molecular weight is 987 g/mol. The van der Waals surface area contributed by atoms with Gasteiger partial charge in [0, 0.05) is 70.9 Å². The molecule has 3 aliphatic rings. The molecular weight excluding hydrogens is 927 g/mol. The lowest BCUT2D eigenvalue weighted by molar-refractivity contribution is -0.0511. The third kappa shape index (κ3) is 9.59. The third-order valence-corrected chi connectivity index (χ3v) is 13.3. The van der Waals surface area contributed by atoms with Gasteiger partial charge in [-0.15, -0.1) is 0 Å². The van der Waals surface area contributed by atoms with Crippen molar-refractivity contribution in [2.45, 2.75) is 85.1 Å². The van der Waals surface area contributed by atoms with E-state index in [0.29, 0.717) is 74.7 Å². The molecule has 0 saturated carbocycles. The number of carbonyl (C=O) groups excluding carboxylic acids is 1. The summed E-state index contributed by atoms with van der Waals surface area (Å²) in [4.78, 5) is 50.9. The zero-order chi connectivity index (χ0) is 55.7. The number of aryl methyl sites for hydroxylation is 2. The minimum Gasteiger partial charge on any atom is -0.447 e. The fourth-order valence-corrected chi connectivity index (χ4v) is 8.86. The number of fused-ring (bicyclic) bond motifs is 3. The lowest BCUT2D eigenvalue weighted by atomic mass is 9.79. The number of carbonyl (C=O) groups is 1. The van der Waals surface area contributed by atoms with Crippen LogP contribution in [0, 0.1) is 13.8 Å². The highest BCUT2D eigenvalue weighted by Gasteiger charge is 2.52. The van der Waals surface area contributed by atoms with Crippen molar-refractivity contribution in [2.24, 2.45) is 14.0 Å². The van der Waals surface area contributed by atoms with Crippen molar-refractivity contribution in [2.75, 3.05) is 31.1 Å². The monoisotopic (exact) mass is 986 g/mol. The second kappa shape index (κ2) is 18.9. The molecule has 0 bridgehead atoms. The number of alkyl halides is 4. The molecule has 1 atom stereocenters. The summed E-state index contributed by atoms with van der Waals surface area (Å²) >= 11 is 0. The molecule has 7 aromatic rings. The van der Waals surface area contributed by atoms with Crippen molar-refractivity contribution in [3.8, 4) is 22.6 Å². The van der Waals surface area contributed by atoms with Crippen LogP contribution in [0.2, 0.25) is 0 Å². The van der Waals surface area contributed by atoms with Gasteiger partial charge in [0.05, 0.1) is 52.1 Å². The average Bonchev–Trinajstić information content (AvgIpc) is 4.03. The molecule has 10 rings (SSSR count). The Balaban J connectivity index is 0.000000191. The maximum atomic E-state index is 13.2. The van der Waals surface area contributed by atoms with Crippen molar-refractivity contribution < 1.29 is 54.1 Å². The Bertz CT molecular complexity index is 3500. The molecule has 21 heteroatoms. The topological polar surface area (TPSA) is 149 Å². The predicted octanol–water partition coefficient (Wildman–Crippen LogP) is 6.99. The number of cyclic esters (lactones) is 1. The highest BCUT2D eigenvalue weighted by atomic mass is 19.3. The van der Waals surface area contributed by atoms with Gasteiger partial charge in [-0.2, -0.15) is 17.6 Å². The molecule has 16 nitrogen and oxygen atoms in total. The van der Waals surface area contributed by atoms with Gasteiger partial charge in [0.15, 0.2) is 0 Å². The van der Waals surface area contributed by atoms with Crippen LogP contribution < -0.4 is 31.0 Å². The van der Waals surface area contributed by atoms with Gasteiger partial charge < -0.3 is 28.4 Å². The minimum atomic E-state index is -3.08. The quantitative estimate of drug-likeness (QED) is 0.0976. The van der Waals surface area contributed by atoms with Crippen molar-refractivity contribution in [1.29, 1.82) is 0 Å². The van der Waals surface area contributed by atoms with Gasteiger partial charge in [-0.05, 0) is 89.0 Å². The van der Waals surface area contributed by atoms with Gasteiger partial charge in [0.1, 0.15) is 18.1 Å². The normalized spacial score (nSPS) is 18.9. The van der Waals surface area contributed by atoms with Crippen LogP contribution in [0.25, 0.3) is 32.9 Å². The summed E-state index contributed by atoms with van der Waals surface area (Å²) in [7, 11) is -0.735. The van der Waals surface area contributed by atoms with Gasteiger partial charge in [0.2, 0.25) is 5.95 Å². The molecule has 3 saturated heterocycles. The Morgan fingerprint density at radius 1 is 0.718 bits per heavy atom. The number of amides is 1. The summed E-state index contributed by atoms with van der Waals surface area (Å²) in [5.74, 6) is 0.283. The Morgan fingerprint density at radius 3 is 1.79 bits per heavy atom. The van der Waals surface area contributed by atoms with E-state index in [1.165, 1.54) is 33.6 Å². The summed E-state index contributed by atoms with van der Waals surface area (Å²) in [6.07, 6.45) is 2.95. The van der Waals surface area contributed by atoms with Crippen LogP contribution in [0.5, 0.6) is 11.5 Å². The zero-order valence-electron chi connectivity index (χ0n) is 45.5. The van der Waals surface area contributed by atoms with E-state index in [-0.39, 0.29) is 53.1 Å². The molecule has 6 heterocycles. The molecule has 1 amide bonds. The highest BCUT2D eigenvalue weighted by molar-refractivity contribution is 6.62. The largest absolute Gasteiger partial charge is 0.494 e. The van der Waals surface area contributed by atoms with Gasteiger partial charge in [-0.25, -0.2) is 14.8 Å². The van der Waals surface area contributed by atoms with Crippen LogP contribution >= 0.6 is 0 Å². The van der Waals surface area contributed by atoms with Crippen LogP contribution in [-0.4, -0.2) is 104 Å². The number of hydrogen-bond acceptors (Lipinski definition) is 11. The Labute approximate surface area is 414 Å². The lowest BCUT2D eigenvalue weighted by Crippen LogP contribution is -2.52. The zero-order valence-corrected chi connectivity index (χ0v) is 39.5. The summed E-state index contributed by atoms with van der Waals surface area (Å²) in [6, 6.07) is 18.9. The number of nitrogens with zero attached hydrogens (tertiary/aromatic N) is 8. The van der Waals surface area contributed by atoms with E-state index >= 15 is 0 Å². The maximum Gasteiger partial charge on any atom is 0.494 e. The number of rotatable bonds is 11. The molecule has 71 heavy (non-hydrogen) atoms. The Hall–Kier alpha value is -7.13. The molecule has 372 valence electrons. The fourth-order valence-electron chi connectivity index (χ4n) is 8.86. The first-order valence-corrected chi connectivity index (χ1v) is 22.6. The summed E-state index contributed by atoms with van der Waals surface area (Å²) in [5, 5.41) is 0.327. The number of piperazine rings is 1. The molecule has 3 aromatic heterocycles. The number of halogens is 4. The van der Waals surface area contributed by atoms with Crippen LogP contribution in [0.15, 0.2) is 94.8 Å². The SMILES string of the molecule is [2H]C([2H])([2H])n1c(=O)c2ccc(-c3cnc(N4CCN5C(=O)OC[C@H]5C4)nc3)cc2n1Cc1cc(C)ccc1OC(F)F.[2H]C([2H])([2H])n1c(=O)c2ccc(B3OC(C)(C)C(C)(C)O3)cc2n1Cc1cc(C)ccc1OC(F)F. The second-order valence-electron chi connectivity index (χ2n) is 18.6. The molecule has 3 aliphatic heterocycles. The molecule has 4 aromatic carbocycles. The standard InChI is InChI=1S/C27H26F2N6O4.C23H27BF2N2O4/c1-16-3-6-23(39-25(28)29)18(9-16)13-35-22-10-17(4-5-21(22)24(36)32(35)2)19-11-30-26(31-12-19)33-7-8-34-20(14-33)15-38-27(34)37;1-14-7-10-19(30-21(25)26)15(11-14)13-28-18-12-16(8-9-17(18)20(29)27(28)6)24-31-22(2,3)23(4,5)32-24/h3-6,9-12,20,25H,7-8,13-15H2,1-2H3;7-12,21H,13H2,1-6H3/t20-;/m1./s1/i2D3;6D3. The fraction of sp³-hybridized carbons (Fsp3) is 0.380. The van der Waals surface area contributed by atoms with Crippen LogP contribution in [0.3, 0.4) is 0 Å². The van der Waals surface area contributed by atoms with E-state index in [0.717, 1.165) is 11.1 Å². The first kappa shape index (κ1) is 41.6. The maximum absolute atomic E-state index is 13.2. The summed E-state index contributed by atoms with van der Waals surface area (Å²) < 4.78 is 131. The highest BCUT2D eigenvalue weighted by Crippen LogP contribution is 2.37. The van der Waals surface area contributed by atoms with E-state index in [1.54, 1.807) is 79.7 Å². The van der Waals surface area contributed by atoms with Gasteiger partial charge in [-0.1, -0.05) is 47.5 Å². The first-order chi connectivity index (χ1) is 36.1. The number of anilines is 1. The van der Waals surface area contributed by atoms with Gasteiger partial charge >= 0.3 is 26.4 Å². The van der Waals surface area contributed by atoms with Gasteiger partial charge in [-0.3, -0.25) is 33.2 Å². The molecule has 0 unspecified atom stereocenters. The van der Waals surface area contributed by atoms with E-state index in [9.17, 15) is 31.9 Å². The van der Waals surface area contributed by atoms with E-state index in [1.807, 2.05) is 32.6 Å². The van der Waals surface area contributed by atoms with Crippen molar-refractivity contribution in [3.05, 3.63) is 128 Å². The molecule has 0 spiro atoms. The third-order valence-electron chi connectivity index (χ3n) is 13.3. The van der Waals surface area contributed by atoms with E-state index in [4.69, 9.17) is 22.3 Å². The molecular formula is C50H53BF4N8O8. The Morgan fingerprint density at radius 2 is 1.25 bits per heavy atom. The van der Waals surface area contributed by atoms with Crippen molar-refractivity contribution in [3.63, 3.8) is 0 Å². The van der Waals surface area contributed by atoms with Crippen LogP contribution in [-0.2, 0) is 41.1 Å². The smallest absolute Gasteiger partial charge is 0.447 e. The summed E-state index contributed by atoms with van der Waals surface area (Å²) in [6.45, 7) is 0.936. The molecule has 3 fully saturated rings. The number of benzene rings is 4. The summed E-state index contributed by atoms with van der Waals surface area (Å²) in [5.41, 5.74) is 1.91. The number of aromatic nitrogens is 6. The van der Waals surface area contributed by atoms with E-state index in [2.05, 4.69) is 19.4 Å². The Kier molecular flexibility index (Phi) is 11.1. The number of hydrogen-bond donors (Lipinski definition) is 0. The van der Waals surface area contributed by atoms with Gasteiger partial charge in [0.25, 0.3) is 11.1 Å². The van der Waals surface area contributed by atoms with E-state index < -0.39 is 56.6 Å². The predicted molar refractivity (Wildman–Crippen MR) is 259 cm³/mol. The minimum absolute atomic E-state index is 0.0593. The lowest BCUT2D eigenvalue weighted by Gasteiger charge is -2.35. The van der Waals surface area contributed by atoms with Crippen molar-refractivity contribution >= 4 is 46.4 Å². The van der Waals surface area contributed by atoms with Crippen LogP contribution in [0.1, 0.15) is 58.2 Å². The first-order valence-electron chi connectivity index (χ1n) is 25.6. The molecule has 0 aliphatic carbocycles. The molecule has 0 radical (unpaired) electrons. The second-order valence-corrected chi connectivity index (χ2v) is 18.6.